The molecule has 23 heavy (non-hydrogen) atoms. The van der Waals surface area contributed by atoms with Gasteiger partial charge in [0.25, 0.3) is 0 Å². The van der Waals surface area contributed by atoms with E-state index in [1.165, 1.54) is 18.5 Å². The van der Waals surface area contributed by atoms with Gasteiger partial charge in [0, 0.05) is 37.8 Å². The Hall–Kier alpha value is -2.61. The van der Waals surface area contributed by atoms with Crippen LogP contribution in [0.4, 0.5) is 11.6 Å². The van der Waals surface area contributed by atoms with E-state index >= 15 is 0 Å². The Morgan fingerprint density at radius 3 is 2.30 bits per heavy atom. The molecule has 5 nitrogen and oxygen atoms in total. The fraction of sp³-hybridized carbons (Fsp3) is 0.389. The van der Waals surface area contributed by atoms with Gasteiger partial charge in [0.05, 0.1) is 5.69 Å². The van der Waals surface area contributed by atoms with E-state index in [-0.39, 0.29) is 0 Å². The first-order valence-electron chi connectivity index (χ1n) is 8.17. The van der Waals surface area contributed by atoms with Gasteiger partial charge in [-0.3, -0.25) is 0 Å². The van der Waals surface area contributed by atoms with Crippen molar-refractivity contribution >= 4 is 11.6 Å². The van der Waals surface area contributed by atoms with Crippen LogP contribution < -0.4 is 9.80 Å². The van der Waals surface area contributed by atoms with Gasteiger partial charge in [0.15, 0.2) is 0 Å². The van der Waals surface area contributed by atoms with Crippen LogP contribution in [0.3, 0.4) is 0 Å². The van der Waals surface area contributed by atoms with E-state index in [9.17, 15) is 5.26 Å². The van der Waals surface area contributed by atoms with Crippen LogP contribution in [0, 0.1) is 11.3 Å². The summed E-state index contributed by atoms with van der Waals surface area (Å²) in [6.45, 7) is 3.66. The van der Waals surface area contributed by atoms with E-state index in [0.29, 0.717) is 11.6 Å². The maximum atomic E-state index is 9.21. The highest BCUT2D eigenvalue weighted by atomic mass is 15.3. The van der Waals surface area contributed by atoms with Crippen LogP contribution in [0.2, 0.25) is 0 Å². The van der Waals surface area contributed by atoms with Gasteiger partial charge >= 0.3 is 0 Å². The minimum absolute atomic E-state index is 0.488. The molecule has 2 aliphatic rings. The third-order valence-electron chi connectivity index (χ3n) is 4.53. The third kappa shape index (κ3) is 2.98. The number of benzene rings is 1. The van der Waals surface area contributed by atoms with Crippen LogP contribution in [-0.2, 0) is 0 Å². The average molecular weight is 305 g/mol. The predicted molar refractivity (Wildman–Crippen MR) is 89.6 cm³/mol. The monoisotopic (exact) mass is 305 g/mol. The number of aromatic nitrogens is 2. The molecule has 1 saturated carbocycles. The molecule has 0 radical (unpaired) electrons. The first-order valence-corrected chi connectivity index (χ1v) is 8.17. The fourth-order valence-electron chi connectivity index (χ4n) is 3.04. The second kappa shape index (κ2) is 5.88. The molecule has 0 spiro atoms. The molecule has 1 saturated heterocycles. The molecule has 116 valence electrons. The van der Waals surface area contributed by atoms with Crippen LogP contribution in [0.5, 0.6) is 0 Å². The van der Waals surface area contributed by atoms with Gasteiger partial charge in [0.1, 0.15) is 11.8 Å². The molecule has 1 aromatic carbocycles. The van der Waals surface area contributed by atoms with Gasteiger partial charge in [-0.15, -0.1) is 0 Å². The number of piperazine rings is 1. The van der Waals surface area contributed by atoms with Crippen molar-refractivity contribution in [3.05, 3.63) is 47.8 Å². The van der Waals surface area contributed by atoms with E-state index in [0.717, 1.165) is 37.8 Å². The van der Waals surface area contributed by atoms with Gasteiger partial charge < -0.3 is 9.80 Å². The molecule has 0 atom stereocenters. The second-order valence-electron chi connectivity index (χ2n) is 6.17. The maximum Gasteiger partial charge on any atom is 0.226 e. The molecule has 0 amide bonds. The summed E-state index contributed by atoms with van der Waals surface area (Å²) >= 11 is 0. The molecular formula is C18H19N5. The quantitative estimate of drug-likeness (QED) is 0.872. The van der Waals surface area contributed by atoms with E-state index in [4.69, 9.17) is 4.98 Å². The summed E-state index contributed by atoms with van der Waals surface area (Å²) in [6, 6.07) is 14.5. The Morgan fingerprint density at radius 2 is 1.65 bits per heavy atom. The minimum atomic E-state index is 0.488. The number of rotatable bonds is 3. The number of hydrogen-bond donors (Lipinski definition) is 0. The highest BCUT2D eigenvalue weighted by Gasteiger charge is 2.27. The zero-order valence-electron chi connectivity index (χ0n) is 13.0. The molecule has 0 bridgehead atoms. The smallest absolute Gasteiger partial charge is 0.226 e. The molecule has 2 fully saturated rings. The van der Waals surface area contributed by atoms with Crippen LogP contribution >= 0.6 is 0 Å². The summed E-state index contributed by atoms with van der Waals surface area (Å²) in [5, 5.41) is 9.21. The molecule has 5 heteroatoms. The number of para-hydroxylation sites is 1. The summed E-state index contributed by atoms with van der Waals surface area (Å²) in [5.74, 6) is 1.26. The summed E-state index contributed by atoms with van der Waals surface area (Å²) in [7, 11) is 0. The molecule has 1 aliphatic heterocycles. The zero-order chi connectivity index (χ0) is 15.6. The van der Waals surface area contributed by atoms with E-state index in [1.54, 1.807) is 0 Å². The molecular weight excluding hydrogens is 286 g/mol. The third-order valence-corrected chi connectivity index (χ3v) is 4.53. The molecule has 2 heterocycles. The van der Waals surface area contributed by atoms with Gasteiger partial charge in [-0.25, -0.2) is 9.97 Å². The van der Waals surface area contributed by atoms with Gasteiger partial charge in [0.2, 0.25) is 5.95 Å². The van der Waals surface area contributed by atoms with Crippen molar-refractivity contribution in [3.8, 4) is 6.07 Å². The number of anilines is 2. The molecule has 1 aromatic heterocycles. The Bertz CT molecular complexity index is 725. The lowest BCUT2D eigenvalue weighted by molar-refractivity contribution is 0.638. The molecule has 0 N–H and O–H groups in total. The first kappa shape index (κ1) is 14.0. The van der Waals surface area contributed by atoms with Crippen molar-refractivity contribution in [2.75, 3.05) is 36.0 Å². The summed E-state index contributed by atoms with van der Waals surface area (Å²) in [4.78, 5) is 13.7. The highest BCUT2D eigenvalue weighted by molar-refractivity contribution is 5.48. The van der Waals surface area contributed by atoms with Crippen LogP contribution in [0.1, 0.15) is 30.1 Å². The summed E-state index contributed by atoms with van der Waals surface area (Å²) < 4.78 is 0. The van der Waals surface area contributed by atoms with E-state index < -0.39 is 0 Å². The standard InChI is InChI=1S/C18H19N5/c19-13-15-12-17(14-6-7-14)21-18(20-15)23-10-8-22(9-11-23)16-4-2-1-3-5-16/h1-5,12,14H,6-11H2. The summed E-state index contributed by atoms with van der Waals surface area (Å²) in [6.07, 6.45) is 2.37. The van der Waals surface area contributed by atoms with Crippen LogP contribution in [0.25, 0.3) is 0 Å². The SMILES string of the molecule is N#Cc1cc(C2CC2)nc(N2CCN(c3ccccc3)CC2)n1. The van der Waals surface area contributed by atoms with Crippen LogP contribution in [-0.4, -0.2) is 36.1 Å². The van der Waals surface area contributed by atoms with E-state index in [1.807, 2.05) is 12.1 Å². The summed E-state index contributed by atoms with van der Waals surface area (Å²) in [5.41, 5.74) is 2.79. The Kier molecular flexibility index (Phi) is 3.58. The molecule has 4 rings (SSSR count). The topological polar surface area (TPSA) is 56.1 Å². The molecule has 2 aromatic rings. The predicted octanol–water partition coefficient (Wildman–Crippen LogP) is 2.55. The van der Waals surface area contributed by atoms with Crippen molar-refractivity contribution in [2.45, 2.75) is 18.8 Å². The van der Waals surface area contributed by atoms with Crippen LogP contribution in [0.15, 0.2) is 36.4 Å². The highest BCUT2D eigenvalue weighted by Crippen LogP contribution is 2.39. The normalized spacial score (nSPS) is 17.9. The Labute approximate surface area is 136 Å². The molecule has 1 aliphatic carbocycles. The average Bonchev–Trinajstić information content (AvgIpc) is 3.47. The Morgan fingerprint density at radius 1 is 0.957 bits per heavy atom. The second-order valence-corrected chi connectivity index (χ2v) is 6.17. The van der Waals surface area contributed by atoms with Crippen molar-refractivity contribution in [3.63, 3.8) is 0 Å². The Balaban J connectivity index is 1.50. The van der Waals surface area contributed by atoms with Crippen molar-refractivity contribution < 1.29 is 0 Å². The van der Waals surface area contributed by atoms with E-state index in [2.05, 4.69) is 45.1 Å². The molecule has 0 unspecified atom stereocenters. The zero-order valence-corrected chi connectivity index (χ0v) is 13.0. The fourth-order valence-corrected chi connectivity index (χ4v) is 3.04. The maximum absolute atomic E-state index is 9.21. The lowest BCUT2D eigenvalue weighted by Crippen LogP contribution is -2.47. The lowest BCUT2D eigenvalue weighted by Gasteiger charge is -2.36. The van der Waals surface area contributed by atoms with Gasteiger partial charge in [-0.05, 0) is 31.0 Å². The number of nitrogens with zero attached hydrogens (tertiary/aromatic N) is 5. The minimum Gasteiger partial charge on any atom is -0.368 e. The largest absolute Gasteiger partial charge is 0.368 e. The van der Waals surface area contributed by atoms with Gasteiger partial charge in [-0.2, -0.15) is 5.26 Å². The lowest BCUT2D eigenvalue weighted by atomic mass is 10.2. The number of nitriles is 1. The van der Waals surface area contributed by atoms with Crippen molar-refractivity contribution in [1.29, 1.82) is 5.26 Å². The first-order chi connectivity index (χ1) is 11.3. The van der Waals surface area contributed by atoms with Crippen molar-refractivity contribution in [1.82, 2.24) is 9.97 Å². The number of hydrogen-bond acceptors (Lipinski definition) is 5. The van der Waals surface area contributed by atoms with Crippen molar-refractivity contribution in [2.24, 2.45) is 0 Å². The van der Waals surface area contributed by atoms with Gasteiger partial charge in [-0.1, -0.05) is 18.2 Å².